The van der Waals surface area contributed by atoms with Crippen LogP contribution in [-0.4, -0.2) is 32.8 Å². The number of benzene rings is 1. The van der Waals surface area contributed by atoms with E-state index in [2.05, 4.69) is 14.1 Å². The van der Waals surface area contributed by atoms with Crippen molar-refractivity contribution in [2.24, 2.45) is 0 Å². The molecule has 120 valence electrons. The maximum atomic E-state index is 12.9. The summed E-state index contributed by atoms with van der Waals surface area (Å²) < 4.78 is 33.3. The fourth-order valence-corrected chi connectivity index (χ4v) is 2.94. The third-order valence-electron chi connectivity index (χ3n) is 3.55. The summed E-state index contributed by atoms with van der Waals surface area (Å²) in [4.78, 5) is 13.8. The summed E-state index contributed by atoms with van der Waals surface area (Å²) in [6, 6.07) is 8.94. The zero-order valence-electron chi connectivity index (χ0n) is 12.1. The number of carbonyl (C=O) groups excluding carboxylic acids is 1. The average Bonchev–Trinajstić information content (AvgIpc) is 3.06. The summed E-state index contributed by atoms with van der Waals surface area (Å²) in [7, 11) is 0. The van der Waals surface area contributed by atoms with Gasteiger partial charge in [-0.3, -0.25) is 0 Å². The molecule has 1 aromatic carbocycles. The van der Waals surface area contributed by atoms with Gasteiger partial charge in [0.1, 0.15) is 11.4 Å². The van der Waals surface area contributed by atoms with E-state index in [0.29, 0.717) is 19.5 Å². The van der Waals surface area contributed by atoms with Crippen molar-refractivity contribution in [3.63, 3.8) is 0 Å². The van der Waals surface area contributed by atoms with Crippen LogP contribution in [0.4, 0.5) is 19.3 Å². The van der Waals surface area contributed by atoms with Crippen molar-refractivity contribution in [1.29, 1.82) is 0 Å². The number of hydrogen-bond donors (Lipinski definition) is 1. The van der Waals surface area contributed by atoms with E-state index in [9.17, 15) is 13.6 Å². The van der Waals surface area contributed by atoms with E-state index in [-0.39, 0.29) is 17.4 Å². The molecule has 2 aromatic rings. The fraction of sp³-hybridized carbons (Fsp3) is 0.267. The lowest BCUT2D eigenvalue weighted by atomic mass is 10.0. The molecule has 0 fully saturated rings. The van der Waals surface area contributed by atoms with E-state index < -0.39 is 6.43 Å². The molecule has 1 aliphatic rings. The average molecular weight is 336 g/mol. The Kier molecular flexibility index (Phi) is 4.61. The van der Waals surface area contributed by atoms with Gasteiger partial charge in [0.25, 0.3) is 6.43 Å². The topological polar surface area (TPSA) is 58.1 Å². The molecule has 0 unspecified atom stereocenters. The molecule has 1 aromatic heterocycles. The number of nitrogens with one attached hydrogen (secondary N) is 1. The highest BCUT2D eigenvalue weighted by Crippen LogP contribution is 2.29. The molecule has 0 saturated heterocycles. The second-order valence-corrected chi connectivity index (χ2v) is 5.55. The lowest BCUT2D eigenvalue weighted by molar-refractivity contribution is 0.146. The Balaban J connectivity index is 1.66. The van der Waals surface area contributed by atoms with Crippen molar-refractivity contribution in [2.75, 3.05) is 18.4 Å². The zero-order chi connectivity index (χ0) is 16.2. The van der Waals surface area contributed by atoms with Crippen molar-refractivity contribution >= 4 is 29.0 Å². The Labute approximate surface area is 136 Å². The van der Waals surface area contributed by atoms with Gasteiger partial charge in [0.15, 0.2) is 0 Å². The van der Waals surface area contributed by atoms with E-state index >= 15 is 0 Å². The van der Waals surface area contributed by atoms with E-state index in [1.165, 1.54) is 0 Å². The smallest absolute Gasteiger partial charge is 0.320 e. The summed E-state index contributed by atoms with van der Waals surface area (Å²) >= 11 is 0.783. The maximum absolute atomic E-state index is 12.9. The summed E-state index contributed by atoms with van der Waals surface area (Å²) in [5.41, 5.74) is 1.42. The molecule has 2 heterocycles. The maximum Gasteiger partial charge on any atom is 0.322 e. The number of aromatic nitrogens is 2. The Morgan fingerprint density at radius 1 is 1.26 bits per heavy atom. The fourth-order valence-electron chi connectivity index (χ4n) is 2.35. The van der Waals surface area contributed by atoms with Gasteiger partial charge in [-0.2, -0.15) is 8.75 Å². The number of rotatable bonds is 3. The van der Waals surface area contributed by atoms with Crippen LogP contribution in [-0.2, 0) is 0 Å². The molecule has 5 nitrogen and oxygen atoms in total. The number of carbonyl (C=O) groups is 1. The van der Waals surface area contributed by atoms with Gasteiger partial charge in [-0.25, -0.2) is 13.6 Å². The highest BCUT2D eigenvalue weighted by atomic mass is 32.1. The molecule has 1 aliphatic heterocycles. The van der Waals surface area contributed by atoms with E-state index in [0.717, 1.165) is 23.0 Å². The second kappa shape index (κ2) is 6.82. The Hall–Kier alpha value is -2.35. The Morgan fingerprint density at radius 3 is 2.70 bits per heavy atom. The highest BCUT2D eigenvalue weighted by molar-refractivity contribution is 6.99. The number of alkyl halides is 2. The zero-order valence-corrected chi connectivity index (χ0v) is 12.9. The molecular weight excluding hydrogens is 322 g/mol. The van der Waals surface area contributed by atoms with Crippen LogP contribution in [0.3, 0.4) is 0 Å². The number of urea groups is 1. The van der Waals surface area contributed by atoms with Crippen molar-refractivity contribution < 1.29 is 13.6 Å². The van der Waals surface area contributed by atoms with Crippen LogP contribution in [0.2, 0.25) is 0 Å². The van der Waals surface area contributed by atoms with E-state index in [1.54, 1.807) is 23.1 Å². The van der Waals surface area contributed by atoms with Gasteiger partial charge < -0.3 is 10.2 Å². The quantitative estimate of drug-likeness (QED) is 0.927. The van der Waals surface area contributed by atoms with Gasteiger partial charge >= 0.3 is 6.03 Å². The Bertz CT molecular complexity index is 717. The van der Waals surface area contributed by atoms with Crippen LogP contribution >= 0.6 is 11.7 Å². The lowest BCUT2D eigenvalue weighted by Crippen LogP contribution is -2.37. The Morgan fingerprint density at radius 2 is 2.04 bits per heavy atom. The summed E-state index contributed by atoms with van der Waals surface area (Å²) in [5, 5.41) is 2.80. The molecular formula is C15H14F2N4OS. The van der Waals surface area contributed by atoms with Crippen LogP contribution < -0.4 is 5.32 Å². The first-order chi connectivity index (χ1) is 11.1. The first-order valence-electron chi connectivity index (χ1n) is 7.06. The predicted molar refractivity (Wildman–Crippen MR) is 84.5 cm³/mol. The monoisotopic (exact) mass is 336 g/mol. The first kappa shape index (κ1) is 15.5. The van der Waals surface area contributed by atoms with Gasteiger partial charge in [0, 0.05) is 18.8 Å². The van der Waals surface area contributed by atoms with Gasteiger partial charge in [-0.1, -0.05) is 24.3 Å². The molecule has 2 amide bonds. The number of halogens is 2. The standard InChI is InChI=1S/C15H14F2N4OS/c16-14(17)13-12(19-23-20-13)10-6-8-21(9-7-10)15(22)18-11-4-2-1-3-5-11/h1-6,14H,7-9H2,(H,18,22). The molecule has 1 N–H and O–H groups in total. The van der Waals surface area contributed by atoms with Crippen molar-refractivity contribution in [1.82, 2.24) is 13.6 Å². The first-order valence-corrected chi connectivity index (χ1v) is 7.79. The van der Waals surface area contributed by atoms with E-state index in [1.807, 2.05) is 18.2 Å². The molecule has 0 spiro atoms. The highest BCUT2D eigenvalue weighted by Gasteiger charge is 2.24. The third-order valence-corrected chi connectivity index (χ3v) is 4.09. The normalized spacial score (nSPS) is 14.7. The van der Waals surface area contributed by atoms with Crippen molar-refractivity contribution in [2.45, 2.75) is 12.8 Å². The van der Waals surface area contributed by atoms with Crippen molar-refractivity contribution in [3.8, 4) is 0 Å². The number of nitrogens with zero attached hydrogens (tertiary/aromatic N) is 3. The largest absolute Gasteiger partial charge is 0.322 e. The van der Waals surface area contributed by atoms with Gasteiger partial charge in [0.05, 0.1) is 11.7 Å². The minimum Gasteiger partial charge on any atom is -0.320 e. The summed E-state index contributed by atoms with van der Waals surface area (Å²) in [6.07, 6.45) is -0.395. The molecule has 0 radical (unpaired) electrons. The summed E-state index contributed by atoms with van der Waals surface area (Å²) in [6.45, 7) is 0.804. The van der Waals surface area contributed by atoms with Gasteiger partial charge in [-0.05, 0) is 24.1 Å². The predicted octanol–water partition coefficient (Wildman–Crippen LogP) is 3.80. The molecule has 3 rings (SSSR count). The molecule has 23 heavy (non-hydrogen) atoms. The molecule has 0 atom stereocenters. The number of anilines is 1. The lowest BCUT2D eigenvalue weighted by Gasteiger charge is -2.26. The summed E-state index contributed by atoms with van der Waals surface area (Å²) in [5.74, 6) is 0. The van der Waals surface area contributed by atoms with Crippen LogP contribution in [0.25, 0.3) is 5.57 Å². The third kappa shape index (κ3) is 3.53. The SMILES string of the molecule is O=C(Nc1ccccc1)N1CC=C(c2nsnc2C(F)F)CC1. The van der Waals surface area contributed by atoms with Gasteiger partial charge in [0.2, 0.25) is 0 Å². The minimum atomic E-state index is -2.64. The van der Waals surface area contributed by atoms with Crippen LogP contribution in [0.15, 0.2) is 36.4 Å². The number of hydrogen-bond acceptors (Lipinski definition) is 4. The van der Waals surface area contributed by atoms with Crippen LogP contribution in [0, 0.1) is 0 Å². The molecule has 0 aliphatic carbocycles. The number of amides is 2. The molecule has 8 heteroatoms. The molecule has 0 bridgehead atoms. The van der Waals surface area contributed by atoms with Crippen molar-refractivity contribution in [3.05, 3.63) is 47.8 Å². The molecule has 0 saturated carbocycles. The van der Waals surface area contributed by atoms with E-state index in [4.69, 9.17) is 0 Å². The van der Waals surface area contributed by atoms with Crippen LogP contribution in [0.1, 0.15) is 24.2 Å². The van der Waals surface area contributed by atoms with Crippen LogP contribution in [0.5, 0.6) is 0 Å². The number of para-hydroxylation sites is 1. The second-order valence-electron chi connectivity index (χ2n) is 5.02. The minimum absolute atomic E-state index is 0.211. The van der Waals surface area contributed by atoms with Gasteiger partial charge in [-0.15, -0.1) is 0 Å².